The van der Waals surface area contributed by atoms with Gasteiger partial charge in [0.05, 0.1) is 19.8 Å². The highest BCUT2D eigenvalue weighted by Gasteiger charge is 2.18. The predicted molar refractivity (Wildman–Crippen MR) is 99.8 cm³/mol. The van der Waals surface area contributed by atoms with Gasteiger partial charge in [0, 0.05) is 12.5 Å². The summed E-state index contributed by atoms with van der Waals surface area (Å²) in [5.74, 6) is 1.17. The van der Waals surface area contributed by atoms with Gasteiger partial charge < -0.3 is 14.8 Å². The molecule has 2 rings (SSSR count). The highest BCUT2D eigenvalue weighted by Crippen LogP contribution is 2.24. The molecule has 2 aromatic rings. The Labute approximate surface area is 154 Å². The van der Waals surface area contributed by atoms with Crippen molar-refractivity contribution in [3.63, 3.8) is 0 Å². The maximum Gasteiger partial charge on any atom is 0.220 e. The molecule has 5 heteroatoms. The topological polar surface area (TPSA) is 47.6 Å². The molecule has 0 saturated heterocycles. The Morgan fingerprint density at radius 3 is 2.46 bits per heavy atom. The number of rotatable bonds is 9. The van der Waals surface area contributed by atoms with E-state index in [1.54, 1.807) is 19.2 Å². The molecular formula is C21H26FNO3. The average Bonchev–Trinajstić information content (AvgIpc) is 2.63. The fourth-order valence-electron chi connectivity index (χ4n) is 2.67. The third-order valence-electron chi connectivity index (χ3n) is 4.07. The summed E-state index contributed by atoms with van der Waals surface area (Å²) in [7, 11) is 1.63. The van der Waals surface area contributed by atoms with Crippen molar-refractivity contribution in [3.8, 4) is 11.5 Å². The number of ether oxygens (including phenoxy) is 2. The molecule has 0 aromatic heterocycles. The number of carbonyl (C=O) groups is 1. The van der Waals surface area contributed by atoms with Gasteiger partial charge in [-0.25, -0.2) is 4.39 Å². The van der Waals surface area contributed by atoms with Crippen LogP contribution in [-0.2, 0) is 4.79 Å². The minimum atomic E-state index is -0.334. The molecule has 140 valence electrons. The van der Waals surface area contributed by atoms with Crippen LogP contribution in [0.2, 0.25) is 0 Å². The second-order valence-corrected chi connectivity index (χ2v) is 6.47. The molecule has 0 heterocycles. The second-order valence-electron chi connectivity index (χ2n) is 6.47. The maximum absolute atomic E-state index is 13.1. The number of amides is 1. The third kappa shape index (κ3) is 6.06. The van der Waals surface area contributed by atoms with Crippen LogP contribution in [0.15, 0.2) is 48.5 Å². The maximum atomic E-state index is 13.1. The van der Waals surface area contributed by atoms with Gasteiger partial charge in [-0.15, -0.1) is 0 Å². The first-order valence-electron chi connectivity index (χ1n) is 8.81. The van der Waals surface area contributed by atoms with Crippen LogP contribution in [0.3, 0.4) is 0 Å². The van der Waals surface area contributed by atoms with Crippen LogP contribution in [0.5, 0.6) is 11.5 Å². The van der Waals surface area contributed by atoms with Crippen molar-refractivity contribution in [1.82, 2.24) is 5.32 Å². The van der Waals surface area contributed by atoms with E-state index in [2.05, 4.69) is 19.2 Å². The normalized spacial score (nSPS) is 11.9. The van der Waals surface area contributed by atoms with Gasteiger partial charge in [-0.05, 0) is 42.2 Å². The summed E-state index contributed by atoms with van der Waals surface area (Å²) in [6.07, 6.45) is 0.921. The molecule has 26 heavy (non-hydrogen) atoms. The Balaban J connectivity index is 1.81. The minimum Gasteiger partial charge on any atom is -0.497 e. The van der Waals surface area contributed by atoms with Crippen molar-refractivity contribution in [2.75, 3.05) is 13.7 Å². The van der Waals surface area contributed by atoms with Gasteiger partial charge in [-0.3, -0.25) is 4.79 Å². The molecule has 1 amide bonds. The van der Waals surface area contributed by atoms with E-state index in [4.69, 9.17) is 9.47 Å². The molecule has 0 fully saturated rings. The van der Waals surface area contributed by atoms with E-state index in [1.807, 2.05) is 24.3 Å². The lowest BCUT2D eigenvalue weighted by Crippen LogP contribution is -2.31. The van der Waals surface area contributed by atoms with Gasteiger partial charge >= 0.3 is 0 Å². The Morgan fingerprint density at radius 2 is 1.85 bits per heavy atom. The summed E-state index contributed by atoms with van der Waals surface area (Å²) in [5.41, 5.74) is 1.05. The highest BCUT2D eigenvalue weighted by atomic mass is 19.1. The van der Waals surface area contributed by atoms with Gasteiger partial charge in [0.1, 0.15) is 17.3 Å². The van der Waals surface area contributed by atoms with Gasteiger partial charge in [0.25, 0.3) is 0 Å². The van der Waals surface area contributed by atoms with Gasteiger partial charge in [-0.2, -0.15) is 0 Å². The number of hydrogen-bond donors (Lipinski definition) is 1. The monoisotopic (exact) mass is 359 g/mol. The van der Waals surface area contributed by atoms with E-state index < -0.39 is 0 Å². The molecule has 0 bridgehead atoms. The zero-order valence-corrected chi connectivity index (χ0v) is 15.5. The summed E-state index contributed by atoms with van der Waals surface area (Å²) < 4.78 is 23.7. The van der Waals surface area contributed by atoms with E-state index in [9.17, 15) is 9.18 Å². The lowest BCUT2D eigenvalue weighted by Gasteiger charge is -2.23. The van der Waals surface area contributed by atoms with Crippen LogP contribution in [0.1, 0.15) is 38.3 Å². The molecule has 1 unspecified atom stereocenters. The summed E-state index contributed by atoms with van der Waals surface area (Å²) in [5, 5.41) is 3.08. The van der Waals surface area contributed by atoms with Crippen molar-refractivity contribution in [1.29, 1.82) is 0 Å². The summed E-state index contributed by atoms with van der Waals surface area (Å²) >= 11 is 0. The predicted octanol–water partition coefficient (Wildman–Crippen LogP) is 4.51. The van der Waals surface area contributed by atoms with Crippen molar-refractivity contribution in [3.05, 3.63) is 59.9 Å². The van der Waals surface area contributed by atoms with Crippen LogP contribution in [0.4, 0.5) is 4.39 Å². The molecule has 1 N–H and O–H groups in total. The molecule has 0 aliphatic rings. The molecular weight excluding hydrogens is 333 g/mol. The van der Waals surface area contributed by atoms with Crippen LogP contribution in [0.25, 0.3) is 0 Å². The number of nitrogens with one attached hydrogen (secondary N) is 1. The molecule has 0 radical (unpaired) electrons. The Hall–Kier alpha value is -2.56. The third-order valence-corrected chi connectivity index (χ3v) is 4.07. The molecule has 4 nitrogen and oxygen atoms in total. The lowest BCUT2D eigenvalue weighted by molar-refractivity contribution is -0.122. The minimum absolute atomic E-state index is 0.0256. The highest BCUT2D eigenvalue weighted by molar-refractivity contribution is 5.76. The van der Waals surface area contributed by atoms with Crippen LogP contribution in [-0.4, -0.2) is 19.6 Å². The van der Waals surface area contributed by atoms with Crippen molar-refractivity contribution < 1.29 is 18.7 Å². The zero-order valence-electron chi connectivity index (χ0n) is 15.5. The van der Waals surface area contributed by atoms with Gasteiger partial charge in [0.15, 0.2) is 0 Å². The summed E-state index contributed by atoms with van der Waals surface area (Å²) in [4.78, 5) is 12.3. The standard InChI is InChI=1S/C21H26FNO3/c1-15(2)21(16-9-11-18(25-3)12-10-16)23-20(24)8-5-13-26-19-7-4-6-17(22)14-19/h4,6-7,9-12,14-15,21H,5,8,13H2,1-3H3,(H,23,24). The molecule has 2 aromatic carbocycles. The first-order chi connectivity index (χ1) is 12.5. The zero-order chi connectivity index (χ0) is 18.9. The number of methoxy groups -OCH3 is 1. The average molecular weight is 359 g/mol. The first kappa shape index (κ1) is 19.8. The van der Waals surface area contributed by atoms with Gasteiger partial charge in [0.2, 0.25) is 5.91 Å². The second kappa shape index (κ2) is 9.80. The molecule has 0 aliphatic heterocycles. The molecule has 0 spiro atoms. The number of halogens is 1. The Bertz CT molecular complexity index is 701. The Kier molecular flexibility index (Phi) is 7.45. The van der Waals surface area contributed by atoms with E-state index in [-0.39, 0.29) is 23.7 Å². The first-order valence-corrected chi connectivity index (χ1v) is 8.81. The molecule has 0 saturated carbocycles. The van der Waals surface area contributed by atoms with Crippen LogP contribution < -0.4 is 14.8 Å². The van der Waals surface area contributed by atoms with E-state index in [1.165, 1.54) is 12.1 Å². The largest absolute Gasteiger partial charge is 0.497 e. The SMILES string of the molecule is COc1ccc(C(NC(=O)CCCOc2cccc(F)c2)C(C)C)cc1. The summed E-state index contributed by atoms with van der Waals surface area (Å²) in [6.45, 7) is 4.51. The van der Waals surface area contributed by atoms with Crippen molar-refractivity contribution in [2.24, 2.45) is 5.92 Å². The van der Waals surface area contributed by atoms with Crippen LogP contribution in [0, 0.1) is 11.7 Å². The van der Waals surface area contributed by atoms with E-state index >= 15 is 0 Å². The van der Waals surface area contributed by atoms with Crippen molar-refractivity contribution >= 4 is 5.91 Å². The number of benzene rings is 2. The van der Waals surface area contributed by atoms with Crippen molar-refractivity contribution in [2.45, 2.75) is 32.7 Å². The fraction of sp³-hybridized carbons (Fsp3) is 0.381. The van der Waals surface area contributed by atoms with Crippen LogP contribution >= 0.6 is 0 Å². The quantitative estimate of drug-likeness (QED) is 0.670. The summed E-state index contributed by atoms with van der Waals surface area (Å²) in [6, 6.07) is 13.7. The number of carbonyl (C=O) groups excluding carboxylic acids is 1. The smallest absolute Gasteiger partial charge is 0.220 e. The van der Waals surface area contributed by atoms with E-state index in [0.29, 0.717) is 25.2 Å². The molecule has 0 aliphatic carbocycles. The van der Waals surface area contributed by atoms with E-state index in [0.717, 1.165) is 11.3 Å². The van der Waals surface area contributed by atoms with Gasteiger partial charge in [-0.1, -0.05) is 32.0 Å². The lowest BCUT2D eigenvalue weighted by atomic mass is 9.95. The Morgan fingerprint density at radius 1 is 1.12 bits per heavy atom. The molecule has 1 atom stereocenters. The number of hydrogen-bond acceptors (Lipinski definition) is 3. The fourth-order valence-corrected chi connectivity index (χ4v) is 2.67.